The number of ether oxygens (including phenoxy) is 2. The minimum atomic E-state index is -0.996. The van der Waals surface area contributed by atoms with Crippen molar-refractivity contribution in [1.29, 1.82) is 0 Å². The van der Waals surface area contributed by atoms with E-state index in [1.165, 1.54) is 14.2 Å². The number of carboxylic acids is 1. The van der Waals surface area contributed by atoms with Gasteiger partial charge in [0.25, 0.3) is 0 Å². The number of nitrogens with zero attached hydrogens (tertiary/aromatic N) is 1. The van der Waals surface area contributed by atoms with Crippen molar-refractivity contribution >= 4 is 17.4 Å². The molecule has 2 heterocycles. The predicted octanol–water partition coefficient (Wildman–Crippen LogP) is 3.12. The molecule has 140 valence electrons. The molecule has 0 saturated carbocycles. The summed E-state index contributed by atoms with van der Waals surface area (Å²) in [5.41, 5.74) is 3.29. The van der Waals surface area contributed by atoms with Crippen LogP contribution in [0.3, 0.4) is 0 Å². The summed E-state index contributed by atoms with van der Waals surface area (Å²) in [7, 11) is 3.06. The monoisotopic (exact) mass is 367 g/mol. The maximum absolute atomic E-state index is 12.0. The van der Waals surface area contributed by atoms with Gasteiger partial charge in [-0.05, 0) is 24.6 Å². The number of allylic oxidation sites excluding steroid dienone is 1. The SMILES string of the molecule is COC1=C(OC)c2ccccc2C(C(=O)O)NC1=C(C)Nc1ccncc1. The average Bonchev–Trinajstić information content (AvgIpc) is 2.82. The fourth-order valence-electron chi connectivity index (χ4n) is 3.06. The normalized spacial score (nSPS) is 18.0. The molecule has 3 rings (SSSR count). The fourth-order valence-corrected chi connectivity index (χ4v) is 3.06. The van der Waals surface area contributed by atoms with Crippen molar-refractivity contribution < 1.29 is 19.4 Å². The molecule has 1 aromatic heterocycles. The van der Waals surface area contributed by atoms with Crippen molar-refractivity contribution in [2.45, 2.75) is 13.0 Å². The molecule has 1 aromatic carbocycles. The first-order valence-corrected chi connectivity index (χ1v) is 8.36. The highest BCUT2D eigenvalue weighted by atomic mass is 16.5. The highest BCUT2D eigenvalue weighted by Crippen LogP contribution is 2.35. The van der Waals surface area contributed by atoms with Crippen LogP contribution in [-0.4, -0.2) is 30.3 Å². The molecular formula is C20H21N3O4. The van der Waals surface area contributed by atoms with Gasteiger partial charge in [-0.15, -0.1) is 0 Å². The van der Waals surface area contributed by atoms with Crippen LogP contribution < -0.4 is 10.6 Å². The Kier molecular flexibility index (Phi) is 5.30. The van der Waals surface area contributed by atoms with E-state index < -0.39 is 12.0 Å². The van der Waals surface area contributed by atoms with E-state index in [1.54, 1.807) is 24.5 Å². The molecule has 0 aliphatic carbocycles. The van der Waals surface area contributed by atoms with Crippen molar-refractivity contribution in [3.05, 3.63) is 77.1 Å². The number of carbonyl (C=O) groups is 1. The number of carboxylic acid groups (broad SMARTS) is 1. The van der Waals surface area contributed by atoms with Crippen molar-refractivity contribution in [2.75, 3.05) is 19.5 Å². The van der Waals surface area contributed by atoms with Crippen LogP contribution in [0.4, 0.5) is 5.69 Å². The van der Waals surface area contributed by atoms with Crippen LogP contribution in [0.1, 0.15) is 24.1 Å². The van der Waals surface area contributed by atoms with Gasteiger partial charge < -0.3 is 25.2 Å². The first-order valence-electron chi connectivity index (χ1n) is 8.36. The van der Waals surface area contributed by atoms with Crippen LogP contribution in [0, 0.1) is 0 Å². The standard InChI is InChI=1S/C20H21N3O4/c1-12(22-13-8-10-21-11-9-13)16-19(27-3)18(26-2)15-7-5-4-6-14(15)17(23-16)20(24)25/h4-11,17,23H,1-3H3,(H,21,22)(H,24,25). The van der Waals surface area contributed by atoms with Crippen molar-refractivity contribution in [2.24, 2.45) is 0 Å². The summed E-state index contributed by atoms with van der Waals surface area (Å²) < 4.78 is 11.2. The molecule has 1 aliphatic rings. The molecule has 3 N–H and O–H groups in total. The molecule has 1 aliphatic heterocycles. The highest BCUT2D eigenvalue weighted by molar-refractivity contribution is 5.82. The number of rotatable bonds is 5. The molecule has 0 spiro atoms. The Morgan fingerprint density at radius 3 is 2.41 bits per heavy atom. The summed E-state index contributed by atoms with van der Waals surface area (Å²) in [4.78, 5) is 16.0. The molecular weight excluding hydrogens is 346 g/mol. The van der Waals surface area contributed by atoms with Gasteiger partial charge in [-0.25, -0.2) is 4.79 Å². The number of hydrogen-bond donors (Lipinski definition) is 3. The van der Waals surface area contributed by atoms with Gasteiger partial charge in [0.05, 0.1) is 14.2 Å². The zero-order valence-corrected chi connectivity index (χ0v) is 15.3. The minimum absolute atomic E-state index is 0.424. The third-order valence-corrected chi connectivity index (χ3v) is 4.28. The number of hydrogen-bond acceptors (Lipinski definition) is 6. The number of anilines is 1. The molecule has 0 fully saturated rings. The van der Waals surface area contributed by atoms with Crippen molar-refractivity contribution in [3.8, 4) is 0 Å². The second kappa shape index (κ2) is 7.82. The topological polar surface area (TPSA) is 92.7 Å². The summed E-state index contributed by atoms with van der Waals surface area (Å²) in [6.07, 6.45) is 3.34. The Morgan fingerprint density at radius 2 is 1.78 bits per heavy atom. The number of aliphatic carboxylic acids is 1. The van der Waals surface area contributed by atoms with E-state index >= 15 is 0 Å². The fraction of sp³-hybridized carbons (Fsp3) is 0.200. The predicted molar refractivity (Wildman–Crippen MR) is 101 cm³/mol. The Labute approximate surface area is 157 Å². The van der Waals surface area contributed by atoms with Gasteiger partial charge in [0, 0.05) is 29.3 Å². The van der Waals surface area contributed by atoms with E-state index in [-0.39, 0.29) is 0 Å². The largest absolute Gasteiger partial charge is 0.492 e. The van der Waals surface area contributed by atoms with E-state index in [0.717, 1.165) is 5.69 Å². The van der Waals surface area contributed by atoms with Crippen LogP contribution in [0.5, 0.6) is 0 Å². The Balaban J connectivity index is 2.19. The quantitative estimate of drug-likeness (QED) is 0.748. The molecule has 0 saturated heterocycles. The van der Waals surface area contributed by atoms with E-state index in [2.05, 4.69) is 15.6 Å². The number of methoxy groups -OCH3 is 2. The van der Waals surface area contributed by atoms with Gasteiger partial charge in [0.2, 0.25) is 0 Å². The molecule has 7 heteroatoms. The Hall–Kier alpha value is -3.48. The minimum Gasteiger partial charge on any atom is -0.492 e. The molecule has 0 amide bonds. The first-order chi connectivity index (χ1) is 13.1. The number of pyridine rings is 1. The van der Waals surface area contributed by atoms with Gasteiger partial charge in [-0.3, -0.25) is 4.98 Å². The van der Waals surface area contributed by atoms with Crippen LogP contribution in [0.15, 0.2) is 65.9 Å². The van der Waals surface area contributed by atoms with Gasteiger partial charge >= 0.3 is 5.97 Å². The Bertz CT molecular complexity index is 906. The average molecular weight is 367 g/mol. The second-order valence-electron chi connectivity index (χ2n) is 5.93. The van der Waals surface area contributed by atoms with E-state index in [4.69, 9.17) is 9.47 Å². The lowest BCUT2D eigenvalue weighted by Crippen LogP contribution is -2.29. The number of benzene rings is 1. The molecule has 7 nitrogen and oxygen atoms in total. The zero-order chi connectivity index (χ0) is 19.4. The van der Waals surface area contributed by atoms with E-state index in [1.807, 2.05) is 31.2 Å². The summed E-state index contributed by atoms with van der Waals surface area (Å²) in [6, 6.07) is 9.90. The van der Waals surface area contributed by atoms with Gasteiger partial charge in [0.1, 0.15) is 5.70 Å². The maximum atomic E-state index is 12.0. The molecule has 0 radical (unpaired) electrons. The summed E-state index contributed by atoms with van der Waals surface area (Å²) >= 11 is 0. The molecule has 1 unspecified atom stereocenters. The number of fused-ring (bicyclic) bond motifs is 1. The van der Waals surface area contributed by atoms with Gasteiger partial charge in [-0.2, -0.15) is 0 Å². The molecule has 1 atom stereocenters. The van der Waals surface area contributed by atoms with Crippen LogP contribution >= 0.6 is 0 Å². The summed E-state index contributed by atoms with van der Waals surface area (Å²) in [5.74, 6) is -0.104. The molecule has 27 heavy (non-hydrogen) atoms. The lowest BCUT2D eigenvalue weighted by Gasteiger charge is -2.20. The maximum Gasteiger partial charge on any atom is 0.330 e. The summed E-state index contributed by atoms with van der Waals surface area (Å²) in [6.45, 7) is 1.84. The zero-order valence-electron chi connectivity index (χ0n) is 15.3. The van der Waals surface area contributed by atoms with Crippen LogP contribution in [0.2, 0.25) is 0 Å². The molecule has 0 bridgehead atoms. The number of aromatic nitrogens is 1. The Morgan fingerprint density at radius 1 is 1.11 bits per heavy atom. The van der Waals surface area contributed by atoms with Gasteiger partial charge in [0.15, 0.2) is 17.6 Å². The molecule has 2 aromatic rings. The number of nitrogens with one attached hydrogen (secondary N) is 2. The third kappa shape index (κ3) is 3.57. The third-order valence-electron chi connectivity index (χ3n) is 4.28. The van der Waals surface area contributed by atoms with Crippen LogP contribution in [-0.2, 0) is 14.3 Å². The smallest absolute Gasteiger partial charge is 0.330 e. The first kappa shape index (κ1) is 18.3. The van der Waals surface area contributed by atoms with Crippen molar-refractivity contribution in [1.82, 2.24) is 10.3 Å². The van der Waals surface area contributed by atoms with Gasteiger partial charge in [-0.1, -0.05) is 24.3 Å². The van der Waals surface area contributed by atoms with E-state index in [9.17, 15) is 9.90 Å². The lowest BCUT2D eigenvalue weighted by atomic mass is 10.00. The summed E-state index contributed by atoms with van der Waals surface area (Å²) in [5, 5.41) is 16.1. The van der Waals surface area contributed by atoms with Crippen LogP contribution in [0.25, 0.3) is 5.76 Å². The second-order valence-corrected chi connectivity index (χ2v) is 5.93. The lowest BCUT2D eigenvalue weighted by molar-refractivity contribution is -0.139. The highest BCUT2D eigenvalue weighted by Gasteiger charge is 2.32. The van der Waals surface area contributed by atoms with Crippen molar-refractivity contribution in [3.63, 3.8) is 0 Å². The van der Waals surface area contributed by atoms with E-state index in [0.29, 0.717) is 34.0 Å².